The number of hydrogen-bond donors (Lipinski definition) is 1. The standard InChI is InChI=1S/C20H27ClN2O4/c1-13(2)26-12-16(24)11-22-6-8-23(9-7-22)20(25)19-14(3)17-10-15(21)4-5-18(17)27-19/h4-5,10,13,16,24H,6-9,11-12H2,1-3H3. The average Bonchev–Trinajstić information content (AvgIpc) is 2.96. The fourth-order valence-corrected chi connectivity index (χ4v) is 3.50. The molecule has 1 saturated heterocycles. The van der Waals surface area contributed by atoms with E-state index in [0.29, 0.717) is 42.6 Å². The van der Waals surface area contributed by atoms with E-state index in [0.717, 1.165) is 24.0 Å². The summed E-state index contributed by atoms with van der Waals surface area (Å²) in [5.74, 6) is 0.286. The van der Waals surface area contributed by atoms with Gasteiger partial charge >= 0.3 is 0 Å². The minimum absolute atomic E-state index is 0.0943. The monoisotopic (exact) mass is 394 g/mol. The molecule has 3 rings (SSSR count). The van der Waals surface area contributed by atoms with E-state index in [2.05, 4.69) is 4.90 Å². The maximum Gasteiger partial charge on any atom is 0.289 e. The van der Waals surface area contributed by atoms with Crippen molar-refractivity contribution in [3.05, 3.63) is 34.5 Å². The van der Waals surface area contributed by atoms with E-state index in [9.17, 15) is 9.90 Å². The van der Waals surface area contributed by atoms with Crippen LogP contribution >= 0.6 is 11.6 Å². The molecule has 7 heteroatoms. The number of carbonyl (C=O) groups is 1. The molecule has 1 N–H and O–H groups in total. The second-order valence-corrected chi connectivity index (χ2v) is 7.76. The Balaban J connectivity index is 1.58. The quantitative estimate of drug-likeness (QED) is 0.816. The van der Waals surface area contributed by atoms with Crippen molar-refractivity contribution in [2.75, 3.05) is 39.3 Å². The number of aliphatic hydroxyl groups excluding tert-OH is 1. The van der Waals surface area contributed by atoms with E-state index >= 15 is 0 Å². The van der Waals surface area contributed by atoms with Gasteiger partial charge < -0.3 is 19.2 Å². The van der Waals surface area contributed by atoms with E-state index in [4.69, 9.17) is 20.8 Å². The molecule has 148 valence electrons. The van der Waals surface area contributed by atoms with Crippen molar-refractivity contribution in [3.63, 3.8) is 0 Å². The molecular weight excluding hydrogens is 368 g/mol. The molecule has 0 radical (unpaired) electrons. The molecular formula is C20H27ClN2O4. The third-order valence-electron chi connectivity index (χ3n) is 4.84. The van der Waals surface area contributed by atoms with Crippen molar-refractivity contribution < 1.29 is 19.1 Å². The van der Waals surface area contributed by atoms with Crippen molar-refractivity contribution >= 4 is 28.5 Å². The lowest BCUT2D eigenvalue weighted by Crippen LogP contribution is -2.50. The van der Waals surface area contributed by atoms with Crippen molar-refractivity contribution in [3.8, 4) is 0 Å². The third-order valence-corrected chi connectivity index (χ3v) is 5.08. The van der Waals surface area contributed by atoms with E-state index in [1.807, 2.05) is 26.8 Å². The van der Waals surface area contributed by atoms with Crippen LogP contribution in [0.1, 0.15) is 30.0 Å². The lowest BCUT2D eigenvalue weighted by molar-refractivity contribution is -0.0139. The van der Waals surface area contributed by atoms with Gasteiger partial charge in [-0.2, -0.15) is 0 Å². The molecule has 2 aromatic rings. The topological polar surface area (TPSA) is 66.2 Å². The zero-order valence-electron chi connectivity index (χ0n) is 16.1. The van der Waals surface area contributed by atoms with E-state index < -0.39 is 6.10 Å². The molecule has 1 unspecified atom stereocenters. The summed E-state index contributed by atoms with van der Waals surface area (Å²) in [5.41, 5.74) is 1.49. The van der Waals surface area contributed by atoms with Crippen LogP contribution in [0.25, 0.3) is 11.0 Å². The summed E-state index contributed by atoms with van der Waals surface area (Å²) in [6.45, 7) is 9.31. The molecule has 1 fully saturated rings. The van der Waals surface area contributed by atoms with Crippen molar-refractivity contribution in [1.82, 2.24) is 9.80 Å². The molecule has 0 spiro atoms. The number of carbonyl (C=O) groups excluding carboxylic acids is 1. The fourth-order valence-electron chi connectivity index (χ4n) is 3.33. The first-order valence-electron chi connectivity index (χ1n) is 9.35. The predicted molar refractivity (Wildman–Crippen MR) is 105 cm³/mol. The van der Waals surface area contributed by atoms with Gasteiger partial charge in [0.15, 0.2) is 5.76 Å². The number of β-amino-alcohol motifs (C(OH)–C–C–N with tert-alkyl or cyclic N) is 1. The van der Waals surface area contributed by atoms with Crippen LogP contribution in [0.2, 0.25) is 5.02 Å². The van der Waals surface area contributed by atoms with E-state index in [1.165, 1.54) is 0 Å². The van der Waals surface area contributed by atoms with Gasteiger partial charge in [0.05, 0.1) is 18.8 Å². The number of ether oxygens (including phenoxy) is 1. The van der Waals surface area contributed by atoms with Crippen molar-refractivity contribution in [2.45, 2.75) is 33.0 Å². The minimum Gasteiger partial charge on any atom is -0.451 e. The van der Waals surface area contributed by atoms with Crippen LogP contribution < -0.4 is 0 Å². The van der Waals surface area contributed by atoms with Crippen molar-refractivity contribution in [2.24, 2.45) is 0 Å². The Morgan fingerprint density at radius 3 is 2.67 bits per heavy atom. The van der Waals surface area contributed by atoms with Crippen LogP contribution in [0, 0.1) is 6.92 Å². The van der Waals surface area contributed by atoms with Gasteiger partial charge in [-0.3, -0.25) is 9.69 Å². The van der Waals surface area contributed by atoms with Crippen LogP contribution in [-0.4, -0.2) is 72.4 Å². The van der Waals surface area contributed by atoms with Gasteiger partial charge in [0.1, 0.15) is 5.58 Å². The Hall–Kier alpha value is -1.60. The van der Waals surface area contributed by atoms with Gasteiger partial charge in [-0.1, -0.05) is 11.6 Å². The zero-order valence-corrected chi connectivity index (χ0v) is 16.8. The highest BCUT2D eigenvalue weighted by Crippen LogP contribution is 2.28. The molecule has 2 heterocycles. The second-order valence-electron chi connectivity index (χ2n) is 7.33. The Morgan fingerprint density at radius 2 is 2.00 bits per heavy atom. The fraction of sp³-hybridized carbons (Fsp3) is 0.550. The van der Waals surface area contributed by atoms with Crippen LogP contribution in [0.4, 0.5) is 0 Å². The summed E-state index contributed by atoms with van der Waals surface area (Å²) in [5, 5.41) is 11.6. The summed E-state index contributed by atoms with van der Waals surface area (Å²) < 4.78 is 11.2. The lowest BCUT2D eigenvalue weighted by Gasteiger charge is -2.35. The van der Waals surface area contributed by atoms with Gasteiger partial charge in [0, 0.05) is 48.7 Å². The highest BCUT2D eigenvalue weighted by molar-refractivity contribution is 6.31. The lowest BCUT2D eigenvalue weighted by atomic mass is 10.1. The molecule has 1 atom stereocenters. The third kappa shape index (κ3) is 4.82. The summed E-state index contributed by atoms with van der Waals surface area (Å²) in [4.78, 5) is 16.9. The van der Waals surface area contributed by atoms with Gasteiger partial charge in [-0.25, -0.2) is 0 Å². The largest absolute Gasteiger partial charge is 0.451 e. The minimum atomic E-state index is -0.517. The smallest absolute Gasteiger partial charge is 0.289 e. The molecule has 0 aliphatic carbocycles. The number of hydrogen-bond acceptors (Lipinski definition) is 5. The number of halogens is 1. The highest BCUT2D eigenvalue weighted by atomic mass is 35.5. The van der Waals surface area contributed by atoms with Gasteiger partial charge in [0.2, 0.25) is 0 Å². The number of aliphatic hydroxyl groups is 1. The van der Waals surface area contributed by atoms with E-state index in [1.54, 1.807) is 17.0 Å². The SMILES string of the molecule is Cc1c(C(=O)N2CCN(CC(O)COC(C)C)CC2)oc2ccc(Cl)cc12. The maximum atomic E-state index is 12.9. The number of amides is 1. The molecule has 1 aromatic heterocycles. The number of aryl methyl sites for hydroxylation is 1. The Morgan fingerprint density at radius 1 is 1.30 bits per heavy atom. The summed E-state index contributed by atoms with van der Waals surface area (Å²) in [6.07, 6.45) is -0.409. The molecule has 6 nitrogen and oxygen atoms in total. The number of piperazine rings is 1. The Bertz CT molecular complexity index is 797. The summed E-state index contributed by atoms with van der Waals surface area (Å²) in [7, 11) is 0. The first-order chi connectivity index (χ1) is 12.8. The molecule has 0 saturated carbocycles. The van der Waals surface area contributed by atoms with Crippen LogP contribution in [-0.2, 0) is 4.74 Å². The van der Waals surface area contributed by atoms with Gasteiger partial charge in [-0.15, -0.1) is 0 Å². The summed E-state index contributed by atoms with van der Waals surface area (Å²) >= 11 is 6.05. The molecule has 1 aliphatic rings. The molecule has 1 aromatic carbocycles. The Kier molecular flexibility index (Phi) is 6.42. The van der Waals surface area contributed by atoms with Gasteiger partial charge in [-0.05, 0) is 39.0 Å². The Labute approximate surface area is 164 Å². The predicted octanol–water partition coefficient (Wildman–Crippen LogP) is 2.94. The van der Waals surface area contributed by atoms with Crippen molar-refractivity contribution in [1.29, 1.82) is 0 Å². The number of furan rings is 1. The molecule has 27 heavy (non-hydrogen) atoms. The number of rotatable bonds is 6. The zero-order chi connectivity index (χ0) is 19.6. The number of fused-ring (bicyclic) bond motifs is 1. The molecule has 1 aliphatic heterocycles. The normalized spacial score (nSPS) is 17.0. The molecule has 1 amide bonds. The number of nitrogens with zero attached hydrogens (tertiary/aromatic N) is 2. The second kappa shape index (κ2) is 8.61. The maximum absolute atomic E-state index is 12.9. The van der Waals surface area contributed by atoms with Crippen LogP contribution in [0.3, 0.4) is 0 Å². The van der Waals surface area contributed by atoms with Crippen LogP contribution in [0.5, 0.6) is 0 Å². The van der Waals surface area contributed by atoms with E-state index in [-0.39, 0.29) is 12.0 Å². The van der Waals surface area contributed by atoms with Gasteiger partial charge in [0.25, 0.3) is 5.91 Å². The highest BCUT2D eigenvalue weighted by Gasteiger charge is 2.27. The first kappa shape index (κ1) is 20.1. The first-order valence-corrected chi connectivity index (χ1v) is 9.73. The summed E-state index contributed by atoms with van der Waals surface area (Å²) in [6, 6.07) is 5.37. The molecule has 0 bridgehead atoms. The average molecular weight is 395 g/mol. The van der Waals surface area contributed by atoms with Crippen LogP contribution in [0.15, 0.2) is 22.6 Å². The number of benzene rings is 1.